The number of hydrogen-bond donors (Lipinski definition) is 1. The number of anilines is 1. The Morgan fingerprint density at radius 3 is 2.29 bits per heavy atom. The first-order valence-electron chi connectivity index (χ1n) is 5.34. The van der Waals surface area contributed by atoms with Crippen LogP contribution in [-0.2, 0) is 11.3 Å². The SMILES string of the molecule is COCc1ccc(-c2ccc(N)cc2)cc1Br. The molecule has 0 aromatic heterocycles. The highest BCUT2D eigenvalue weighted by molar-refractivity contribution is 9.10. The van der Waals surface area contributed by atoms with E-state index >= 15 is 0 Å². The van der Waals surface area contributed by atoms with E-state index in [1.54, 1.807) is 7.11 Å². The highest BCUT2D eigenvalue weighted by Crippen LogP contribution is 2.26. The fourth-order valence-electron chi connectivity index (χ4n) is 1.68. The van der Waals surface area contributed by atoms with Gasteiger partial charge in [0.25, 0.3) is 0 Å². The fraction of sp³-hybridized carbons (Fsp3) is 0.143. The summed E-state index contributed by atoms with van der Waals surface area (Å²) in [5.74, 6) is 0. The van der Waals surface area contributed by atoms with Crippen molar-refractivity contribution in [3.63, 3.8) is 0 Å². The summed E-state index contributed by atoms with van der Waals surface area (Å²) < 4.78 is 6.19. The third-order valence-corrected chi connectivity index (χ3v) is 3.34. The maximum Gasteiger partial charge on any atom is 0.0724 e. The Labute approximate surface area is 110 Å². The lowest BCUT2D eigenvalue weighted by molar-refractivity contribution is 0.184. The molecule has 0 radical (unpaired) electrons. The van der Waals surface area contributed by atoms with Gasteiger partial charge in [-0.2, -0.15) is 0 Å². The number of hydrogen-bond acceptors (Lipinski definition) is 2. The number of ether oxygens (including phenoxy) is 1. The van der Waals surface area contributed by atoms with Crippen molar-refractivity contribution in [3.05, 3.63) is 52.5 Å². The summed E-state index contributed by atoms with van der Waals surface area (Å²) >= 11 is 3.56. The minimum absolute atomic E-state index is 0.614. The molecule has 0 aliphatic carbocycles. The van der Waals surface area contributed by atoms with E-state index in [1.165, 1.54) is 0 Å². The van der Waals surface area contributed by atoms with Gasteiger partial charge in [-0.25, -0.2) is 0 Å². The first-order valence-corrected chi connectivity index (χ1v) is 6.13. The number of halogens is 1. The zero-order chi connectivity index (χ0) is 12.3. The largest absolute Gasteiger partial charge is 0.399 e. The third-order valence-electron chi connectivity index (χ3n) is 2.60. The lowest BCUT2D eigenvalue weighted by atomic mass is 10.0. The Bertz CT molecular complexity index is 508. The van der Waals surface area contributed by atoms with E-state index in [0.29, 0.717) is 6.61 Å². The number of benzene rings is 2. The molecule has 0 aliphatic heterocycles. The van der Waals surface area contributed by atoms with Crippen molar-refractivity contribution in [1.82, 2.24) is 0 Å². The van der Waals surface area contributed by atoms with Crippen molar-refractivity contribution in [3.8, 4) is 11.1 Å². The zero-order valence-electron chi connectivity index (χ0n) is 9.61. The second-order valence-corrected chi connectivity index (χ2v) is 4.72. The van der Waals surface area contributed by atoms with Crippen molar-refractivity contribution < 1.29 is 4.74 Å². The van der Waals surface area contributed by atoms with E-state index in [9.17, 15) is 0 Å². The molecule has 0 unspecified atom stereocenters. The predicted octanol–water partition coefficient (Wildman–Crippen LogP) is 3.84. The average Bonchev–Trinajstić information content (AvgIpc) is 2.33. The van der Waals surface area contributed by atoms with E-state index in [-0.39, 0.29) is 0 Å². The lowest BCUT2D eigenvalue weighted by Gasteiger charge is -2.07. The number of nitrogen functional groups attached to an aromatic ring is 1. The van der Waals surface area contributed by atoms with E-state index in [1.807, 2.05) is 24.3 Å². The van der Waals surface area contributed by atoms with Gasteiger partial charge in [0.1, 0.15) is 0 Å². The number of methoxy groups -OCH3 is 1. The molecule has 0 amide bonds. The molecule has 3 heteroatoms. The van der Waals surface area contributed by atoms with E-state index in [4.69, 9.17) is 10.5 Å². The maximum atomic E-state index is 5.67. The summed E-state index contributed by atoms with van der Waals surface area (Å²) in [4.78, 5) is 0. The molecule has 0 fully saturated rings. The molecule has 0 saturated heterocycles. The van der Waals surface area contributed by atoms with Crippen LogP contribution in [0.4, 0.5) is 5.69 Å². The number of rotatable bonds is 3. The fourth-order valence-corrected chi connectivity index (χ4v) is 2.17. The quantitative estimate of drug-likeness (QED) is 0.872. The van der Waals surface area contributed by atoms with Crippen LogP contribution in [0.5, 0.6) is 0 Å². The highest BCUT2D eigenvalue weighted by atomic mass is 79.9. The standard InChI is InChI=1S/C14H14BrNO/c1-17-9-12-3-2-11(8-14(12)15)10-4-6-13(16)7-5-10/h2-8H,9,16H2,1H3. The Hall–Kier alpha value is -1.32. The first kappa shape index (κ1) is 12.1. The normalized spacial score (nSPS) is 10.5. The summed E-state index contributed by atoms with van der Waals surface area (Å²) in [6, 6.07) is 14.1. The molecule has 2 nitrogen and oxygen atoms in total. The molecule has 88 valence electrons. The lowest BCUT2D eigenvalue weighted by Crippen LogP contribution is -1.90. The van der Waals surface area contributed by atoms with Crippen molar-refractivity contribution in [1.29, 1.82) is 0 Å². The molecule has 2 aromatic carbocycles. The molecule has 2 rings (SSSR count). The first-order chi connectivity index (χ1) is 8.20. The second kappa shape index (κ2) is 5.34. The Balaban J connectivity index is 2.34. The van der Waals surface area contributed by atoms with Crippen molar-refractivity contribution in [2.45, 2.75) is 6.61 Å². The molecule has 17 heavy (non-hydrogen) atoms. The van der Waals surface area contributed by atoms with Gasteiger partial charge in [-0.05, 0) is 34.9 Å². The highest BCUT2D eigenvalue weighted by Gasteiger charge is 2.03. The minimum atomic E-state index is 0.614. The molecule has 0 spiro atoms. The van der Waals surface area contributed by atoms with Gasteiger partial charge >= 0.3 is 0 Å². The summed E-state index contributed by atoms with van der Waals surface area (Å²) in [6.45, 7) is 0.614. The second-order valence-electron chi connectivity index (χ2n) is 3.86. The van der Waals surface area contributed by atoms with Crippen LogP contribution in [0.3, 0.4) is 0 Å². The van der Waals surface area contributed by atoms with Gasteiger partial charge in [0.2, 0.25) is 0 Å². The van der Waals surface area contributed by atoms with Crippen LogP contribution in [0.2, 0.25) is 0 Å². The Morgan fingerprint density at radius 1 is 1.06 bits per heavy atom. The van der Waals surface area contributed by atoms with Gasteiger partial charge in [0.05, 0.1) is 6.61 Å². The number of nitrogens with two attached hydrogens (primary N) is 1. The van der Waals surface area contributed by atoms with Crippen LogP contribution >= 0.6 is 15.9 Å². The molecule has 2 N–H and O–H groups in total. The topological polar surface area (TPSA) is 35.2 Å². The summed E-state index contributed by atoms with van der Waals surface area (Å²) in [7, 11) is 1.69. The maximum absolute atomic E-state index is 5.67. The van der Waals surface area contributed by atoms with Crippen LogP contribution in [0.25, 0.3) is 11.1 Å². The van der Waals surface area contributed by atoms with Gasteiger partial charge in [0, 0.05) is 17.3 Å². The summed E-state index contributed by atoms with van der Waals surface area (Å²) in [6.07, 6.45) is 0. The van der Waals surface area contributed by atoms with Gasteiger partial charge < -0.3 is 10.5 Å². The molecule has 0 bridgehead atoms. The van der Waals surface area contributed by atoms with Gasteiger partial charge in [-0.15, -0.1) is 0 Å². The van der Waals surface area contributed by atoms with Gasteiger partial charge in [0.15, 0.2) is 0 Å². The monoisotopic (exact) mass is 291 g/mol. The Kier molecular flexibility index (Phi) is 3.82. The smallest absolute Gasteiger partial charge is 0.0724 e. The van der Waals surface area contributed by atoms with E-state index in [0.717, 1.165) is 26.9 Å². The van der Waals surface area contributed by atoms with E-state index in [2.05, 4.69) is 34.1 Å². The van der Waals surface area contributed by atoms with E-state index < -0.39 is 0 Å². The van der Waals surface area contributed by atoms with Gasteiger partial charge in [-0.3, -0.25) is 0 Å². The molecule has 0 saturated carbocycles. The van der Waals surface area contributed by atoms with Gasteiger partial charge in [-0.1, -0.05) is 40.2 Å². The van der Waals surface area contributed by atoms with Crippen LogP contribution < -0.4 is 5.73 Å². The summed E-state index contributed by atoms with van der Waals surface area (Å²) in [5, 5.41) is 0. The minimum Gasteiger partial charge on any atom is -0.399 e. The molecular formula is C14H14BrNO. The zero-order valence-corrected chi connectivity index (χ0v) is 11.2. The van der Waals surface area contributed by atoms with Crippen molar-refractivity contribution >= 4 is 21.6 Å². The summed E-state index contributed by atoms with van der Waals surface area (Å²) in [5.41, 5.74) is 9.92. The molecule has 0 aliphatic rings. The molecule has 2 aromatic rings. The van der Waals surface area contributed by atoms with Crippen LogP contribution in [0.15, 0.2) is 46.9 Å². The molecule has 0 heterocycles. The predicted molar refractivity (Wildman–Crippen MR) is 74.7 cm³/mol. The van der Waals surface area contributed by atoms with Crippen LogP contribution in [0, 0.1) is 0 Å². The Morgan fingerprint density at radius 2 is 1.71 bits per heavy atom. The van der Waals surface area contributed by atoms with Crippen LogP contribution in [-0.4, -0.2) is 7.11 Å². The molecule has 0 atom stereocenters. The van der Waals surface area contributed by atoms with Crippen LogP contribution in [0.1, 0.15) is 5.56 Å². The van der Waals surface area contributed by atoms with Crippen molar-refractivity contribution in [2.24, 2.45) is 0 Å². The molecular weight excluding hydrogens is 278 g/mol. The third kappa shape index (κ3) is 2.87. The van der Waals surface area contributed by atoms with Crippen molar-refractivity contribution in [2.75, 3.05) is 12.8 Å². The average molecular weight is 292 g/mol.